The van der Waals surface area contributed by atoms with E-state index < -0.39 is 0 Å². The maximum Gasteiger partial charge on any atom is 0.254 e. The van der Waals surface area contributed by atoms with Crippen LogP contribution >= 0.6 is 11.8 Å². The SMILES string of the molecule is CCCc1cc(=O)n2c(n1)SCC2CC(=O)Nc1ccccc1C. The summed E-state index contributed by atoms with van der Waals surface area (Å²) in [5, 5.41) is 3.67. The van der Waals surface area contributed by atoms with E-state index in [1.54, 1.807) is 22.4 Å². The van der Waals surface area contributed by atoms with E-state index in [1.807, 2.05) is 31.2 Å². The Bertz CT molecular complexity index is 816. The van der Waals surface area contributed by atoms with Gasteiger partial charge in [0.25, 0.3) is 5.56 Å². The number of nitrogens with zero attached hydrogens (tertiary/aromatic N) is 2. The molecule has 5 nitrogen and oxygen atoms in total. The minimum absolute atomic E-state index is 0.0536. The molecule has 0 aliphatic carbocycles. The normalized spacial score (nSPS) is 16.0. The fraction of sp³-hybridized carbons (Fsp3) is 0.389. The van der Waals surface area contributed by atoms with Crippen molar-refractivity contribution in [1.29, 1.82) is 0 Å². The number of anilines is 1. The van der Waals surface area contributed by atoms with Crippen LogP contribution in [-0.4, -0.2) is 21.2 Å². The van der Waals surface area contributed by atoms with Crippen molar-refractivity contribution in [2.45, 2.75) is 44.3 Å². The fourth-order valence-electron chi connectivity index (χ4n) is 2.86. The second kappa shape index (κ2) is 7.21. The number of rotatable bonds is 5. The van der Waals surface area contributed by atoms with E-state index in [1.165, 1.54) is 0 Å². The minimum Gasteiger partial charge on any atom is -0.326 e. The van der Waals surface area contributed by atoms with E-state index in [-0.39, 0.29) is 23.9 Å². The molecule has 126 valence electrons. The molecule has 1 atom stereocenters. The first-order valence-corrected chi connectivity index (χ1v) is 9.17. The smallest absolute Gasteiger partial charge is 0.254 e. The lowest BCUT2D eigenvalue weighted by Crippen LogP contribution is -2.27. The summed E-state index contributed by atoms with van der Waals surface area (Å²) in [6.45, 7) is 4.03. The molecule has 0 fully saturated rings. The molecule has 0 spiro atoms. The van der Waals surface area contributed by atoms with Crippen molar-refractivity contribution in [1.82, 2.24) is 9.55 Å². The quantitative estimate of drug-likeness (QED) is 0.847. The van der Waals surface area contributed by atoms with Crippen LogP contribution in [0.1, 0.15) is 37.1 Å². The van der Waals surface area contributed by atoms with Gasteiger partial charge in [0.05, 0.1) is 6.04 Å². The average Bonchev–Trinajstić information content (AvgIpc) is 2.93. The number of nitrogens with one attached hydrogen (secondary N) is 1. The van der Waals surface area contributed by atoms with E-state index in [4.69, 9.17) is 0 Å². The number of para-hydroxylation sites is 1. The van der Waals surface area contributed by atoms with Gasteiger partial charge in [-0.25, -0.2) is 4.98 Å². The molecule has 1 amide bonds. The number of aryl methyl sites for hydroxylation is 2. The van der Waals surface area contributed by atoms with Crippen LogP contribution in [0.25, 0.3) is 0 Å². The fourth-order valence-corrected chi connectivity index (χ4v) is 4.03. The third-order valence-corrected chi connectivity index (χ3v) is 5.19. The first-order valence-electron chi connectivity index (χ1n) is 8.19. The molecule has 1 aromatic carbocycles. The highest BCUT2D eigenvalue weighted by Crippen LogP contribution is 2.32. The summed E-state index contributed by atoms with van der Waals surface area (Å²) in [5.74, 6) is 0.631. The third kappa shape index (κ3) is 3.53. The molecule has 1 unspecified atom stereocenters. The second-order valence-corrected chi connectivity index (χ2v) is 7.01. The lowest BCUT2D eigenvalue weighted by atomic mass is 10.1. The molecule has 0 bridgehead atoms. The Labute approximate surface area is 145 Å². The summed E-state index contributed by atoms with van der Waals surface area (Å²) in [6.07, 6.45) is 2.05. The molecule has 1 aliphatic rings. The summed E-state index contributed by atoms with van der Waals surface area (Å²) in [6, 6.07) is 9.14. The lowest BCUT2D eigenvalue weighted by molar-refractivity contribution is -0.116. The Kier molecular flexibility index (Phi) is 5.04. The Balaban J connectivity index is 1.74. The standard InChI is InChI=1S/C18H21N3O2S/c1-3-6-13-9-17(23)21-14(11-24-18(21)19-13)10-16(22)20-15-8-5-4-7-12(15)2/h4-5,7-9,14H,3,6,10-11H2,1-2H3,(H,20,22). The predicted molar refractivity (Wildman–Crippen MR) is 96.7 cm³/mol. The maximum absolute atomic E-state index is 12.4. The topological polar surface area (TPSA) is 64.0 Å². The van der Waals surface area contributed by atoms with Gasteiger partial charge in [-0.2, -0.15) is 0 Å². The molecule has 0 radical (unpaired) electrons. The van der Waals surface area contributed by atoms with Crippen molar-refractivity contribution < 1.29 is 4.79 Å². The largest absolute Gasteiger partial charge is 0.326 e. The van der Waals surface area contributed by atoms with Gasteiger partial charge in [0, 0.05) is 29.6 Å². The van der Waals surface area contributed by atoms with Gasteiger partial charge in [0.15, 0.2) is 5.16 Å². The van der Waals surface area contributed by atoms with Crippen LogP contribution in [0.5, 0.6) is 0 Å². The van der Waals surface area contributed by atoms with E-state index in [0.29, 0.717) is 5.75 Å². The van der Waals surface area contributed by atoms with Gasteiger partial charge < -0.3 is 5.32 Å². The number of amides is 1. The number of carbonyl (C=O) groups excluding carboxylic acids is 1. The number of aromatic nitrogens is 2. The maximum atomic E-state index is 12.4. The number of hydrogen-bond donors (Lipinski definition) is 1. The molecular weight excluding hydrogens is 322 g/mol. The second-order valence-electron chi connectivity index (χ2n) is 6.02. The van der Waals surface area contributed by atoms with Crippen molar-refractivity contribution in [3.63, 3.8) is 0 Å². The number of thioether (sulfide) groups is 1. The van der Waals surface area contributed by atoms with Gasteiger partial charge in [-0.05, 0) is 25.0 Å². The molecule has 2 aromatic rings. The van der Waals surface area contributed by atoms with Crippen LogP contribution in [0, 0.1) is 6.92 Å². The predicted octanol–water partition coefficient (Wildman–Crippen LogP) is 3.18. The Morgan fingerprint density at radius 3 is 2.96 bits per heavy atom. The molecule has 24 heavy (non-hydrogen) atoms. The van der Waals surface area contributed by atoms with E-state index >= 15 is 0 Å². The molecule has 0 saturated carbocycles. The Hall–Kier alpha value is -2.08. The van der Waals surface area contributed by atoms with Gasteiger partial charge >= 0.3 is 0 Å². The van der Waals surface area contributed by atoms with Gasteiger partial charge in [-0.3, -0.25) is 14.2 Å². The summed E-state index contributed by atoms with van der Waals surface area (Å²) in [7, 11) is 0. The Morgan fingerprint density at radius 1 is 1.42 bits per heavy atom. The van der Waals surface area contributed by atoms with Crippen LogP contribution in [0.4, 0.5) is 5.69 Å². The zero-order valence-corrected chi connectivity index (χ0v) is 14.7. The lowest BCUT2D eigenvalue weighted by Gasteiger charge is -2.14. The Morgan fingerprint density at radius 2 is 2.21 bits per heavy atom. The minimum atomic E-state index is -0.135. The molecular formula is C18H21N3O2S. The molecule has 1 aliphatic heterocycles. The highest BCUT2D eigenvalue weighted by Gasteiger charge is 2.27. The highest BCUT2D eigenvalue weighted by molar-refractivity contribution is 7.99. The monoisotopic (exact) mass is 343 g/mol. The van der Waals surface area contributed by atoms with Gasteiger partial charge in [0.2, 0.25) is 5.91 Å². The van der Waals surface area contributed by atoms with Crippen molar-refractivity contribution in [3.8, 4) is 0 Å². The molecule has 1 aromatic heterocycles. The van der Waals surface area contributed by atoms with Crippen LogP contribution in [-0.2, 0) is 11.2 Å². The van der Waals surface area contributed by atoms with E-state index in [0.717, 1.165) is 34.9 Å². The number of carbonyl (C=O) groups is 1. The van der Waals surface area contributed by atoms with Crippen LogP contribution in [0.3, 0.4) is 0 Å². The molecule has 2 heterocycles. The summed E-state index contributed by atoms with van der Waals surface area (Å²) in [4.78, 5) is 29.3. The summed E-state index contributed by atoms with van der Waals surface area (Å²) < 4.78 is 1.67. The van der Waals surface area contributed by atoms with Crippen molar-refractivity contribution in [2.24, 2.45) is 0 Å². The van der Waals surface area contributed by atoms with E-state index in [9.17, 15) is 9.59 Å². The van der Waals surface area contributed by atoms with Crippen LogP contribution in [0.15, 0.2) is 40.3 Å². The number of hydrogen-bond acceptors (Lipinski definition) is 4. The summed E-state index contributed by atoms with van der Waals surface area (Å²) in [5.41, 5.74) is 2.63. The molecule has 0 saturated heterocycles. The third-order valence-electron chi connectivity index (χ3n) is 4.09. The zero-order valence-electron chi connectivity index (χ0n) is 13.9. The van der Waals surface area contributed by atoms with Crippen LogP contribution < -0.4 is 10.9 Å². The first kappa shape index (κ1) is 16.8. The number of benzene rings is 1. The van der Waals surface area contributed by atoms with Crippen molar-refractivity contribution >= 4 is 23.4 Å². The first-order chi connectivity index (χ1) is 11.6. The highest BCUT2D eigenvalue weighted by atomic mass is 32.2. The summed E-state index contributed by atoms with van der Waals surface area (Å²) >= 11 is 1.55. The molecule has 3 rings (SSSR count). The number of fused-ring (bicyclic) bond motifs is 1. The van der Waals surface area contributed by atoms with Crippen LogP contribution in [0.2, 0.25) is 0 Å². The molecule has 6 heteroatoms. The van der Waals surface area contributed by atoms with Gasteiger partial charge in [-0.15, -0.1) is 0 Å². The van der Waals surface area contributed by atoms with Crippen molar-refractivity contribution in [2.75, 3.05) is 11.1 Å². The van der Waals surface area contributed by atoms with Gasteiger partial charge in [-0.1, -0.05) is 43.3 Å². The van der Waals surface area contributed by atoms with E-state index in [2.05, 4.69) is 17.2 Å². The van der Waals surface area contributed by atoms with Gasteiger partial charge in [0.1, 0.15) is 0 Å². The van der Waals surface area contributed by atoms with Crippen molar-refractivity contribution in [3.05, 3.63) is 51.9 Å². The molecule has 1 N–H and O–H groups in total. The average molecular weight is 343 g/mol. The zero-order chi connectivity index (χ0) is 17.1.